The molecule has 2 aromatic rings. The molecule has 0 atom stereocenters. The number of nitrogens with one attached hydrogen (secondary N) is 1. The molecule has 0 amide bonds. The maximum atomic E-state index is 13.0. The number of benzene rings is 1. The second kappa shape index (κ2) is 9.85. The average Bonchev–Trinajstić information content (AvgIpc) is 2.60. The molecular weight excluding hydrogens is 370 g/mol. The zero-order valence-electron chi connectivity index (χ0n) is 16.3. The second-order valence-corrected chi connectivity index (χ2v) is 6.75. The summed E-state index contributed by atoms with van der Waals surface area (Å²) in [4.78, 5) is 17.2. The molecule has 0 aliphatic rings. The van der Waals surface area contributed by atoms with Crippen molar-refractivity contribution in [1.82, 2.24) is 9.55 Å². The van der Waals surface area contributed by atoms with Crippen molar-refractivity contribution in [2.24, 2.45) is 0 Å². The molecule has 8 heteroatoms. The number of methoxy groups -OCH3 is 3. The van der Waals surface area contributed by atoms with Gasteiger partial charge in [0.2, 0.25) is 0 Å². The molecule has 0 spiro atoms. The molecule has 0 aliphatic carbocycles. The van der Waals surface area contributed by atoms with E-state index in [1.165, 1.54) is 10.8 Å². The fraction of sp³-hybridized carbons (Fsp3) is 0.474. The van der Waals surface area contributed by atoms with Crippen LogP contribution in [0.15, 0.2) is 23.1 Å². The van der Waals surface area contributed by atoms with Gasteiger partial charge in [0.1, 0.15) is 5.15 Å². The Bertz CT molecular complexity index is 832. The van der Waals surface area contributed by atoms with Gasteiger partial charge in [-0.1, -0.05) is 29.3 Å². The third kappa shape index (κ3) is 5.29. The summed E-state index contributed by atoms with van der Waals surface area (Å²) >= 11 is 6.18. The summed E-state index contributed by atoms with van der Waals surface area (Å²) in [6.45, 7) is 5.02. The molecule has 27 heavy (non-hydrogen) atoms. The van der Waals surface area contributed by atoms with Crippen LogP contribution in [0.25, 0.3) is 0 Å². The van der Waals surface area contributed by atoms with Crippen molar-refractivity contribution in [2.45, 2.75) is 26.5 Å². The van der Waals surface area contributed by atoms with E-state index in [4.69, 9.17) is 25.8 Å². The number of nitrogens with zero attached hydrogens (tertiary/aromatic N) is 2. The van der Waals surface area contributed by atoms with Crippen LogP contribution in [0.1, 0.15) is 22.7 Å². The molecule has 0 radical (unpaired) electrons. The van der Waals surface area contributed by atoms with Crippen molar-refractivity contribution in [3.63, 3.8) is 0 Å². The molecule has 0 saturated heterocycles. The number of rotatable bonds is 9. The molecular formula is C19H26ClN3O4. The number of halogens is 1. The van der Waals surface area contributed by atoms with Crippen LogP contribution in [-0.4, -0.2) is 44.1 Å². The molecule has 1 N–H and O–H groups in total. The number of anilines is 2. The molecule has 0 fully saturated rings. The predicted octanol–water partition coefficient (Wildman–Crippen LogP) is 3.24. The van der Waals surface area contributed by atoms with Crippen LogP contribution in [0.4, 0.5) is 11.5 Å². The molecule has 1 heterocycles. The van der Waals surface area contributed by atoms with Gasteiger partial charge in [-0.2, -0.15) is 0 Å². The Kier molecular flexibility index (Phi) is 7.79. The summed E-state index contributed by atoms with van der Waals surface area (Å²) in [6.07, 6.45) is 1.50. The summed E-state index contributed by atoms with van der Waals surface area (Å²) in [5.74, 6) is 0.143. The van der Waals surface area contributed by atoms with Gasteiger partial charge in [-0.15, -0.1) is 0 Å². The van der Waals surface area contributed by atoms with Gasteiger partial charge in [-0.3, -0.25) is 4.79 Å². The monoisotopic (exact) mass is 395 g/mol. The lowest BCUT2D eigenvalue weighted by atomic mass is 10.0. The van der Waals surface area contributed by atoms with E-state index in [-0.39, 0.29) is 22.6 Å². The number of aryl methyl sites for hydroxylation is 2. The van der Waals surface area contributed by atoms with E-state index in [1.54, 1.807) is 21.3 Å². The zero-order chi connectivity index (χ0) is 20.0. The van der Waals surface area contributed by atoms with Crippen molar-refractivity contribution in [3.8, 4) is 0 Å². The maximum absolute atomic E-state index is 13.0. The van der Waals surface area contributed by atoms with E-state index in [0.717, 1.165) is 22.4 Å². The third-order valence-electron chi connectivity index (χ3n) is 4.12. The normalized spacial score (nSPS) is 11.2. The first-order chi connectivity index (χ1) is 12.9. The van der Waals surface area contributed by atoms with Gasteiger partial charge in [0.25, 0.3) is 5.56 Å². The number of ether oxygens (including phenoxy) is 3. The van der Waals surface area contributed by atoms with Gasteiger partial charge >= 0.3 is 0 Å². The molecule has 1 aromatic heterocycles. The van der Waals surface area contributed by atoms with Gasteiger partial charge < -0.3 is 24.1 Å². The summed E-state index contributed by atoms with van der Waals surface area (Å²) < 4.78 is 17.2. The highest BCUT2D eigenvalue weighted by molar-refractivity contribution is 6.29. The standard InChI is InChI=1S/C19H26ClN3O4/c1-12-6-13(2)17(14(7-12)9-25-3)22-18-19(24)23(8-16(20)21-18)15(10-26-4)11-27-5/h6-8,15H,9-11H2,1-5H3,(H,21,22). The Morgan fingerprint density at radius 2 is 1.81 bits per heavy atom. The Labute approximate surface area is 164 Å². The van der Waals surface area contributed by atoms with Gasteiger partial charge in [0, 0.05) is 38.8 Å². The summed E-state index contributed by atoms with van der Waals surface area (Å²) in [6, 6.07) is 3.73. The molecule has 2 rings (SSSR count). The zero-order valence-corrected chi connectivity index (χ0v) is 17.1. The van der Waals surface area contributed by atoms with Gasteiger partial charge in [-0.05, 0) is 19.4 Å². The van der Waals surface area contributed by atoms with Crippen molar-refractivity contribution in [3.05, 3.63) is 50.5 Å². The van der Waals surface area contributed by atoms with Crippen LogP contribution in [0.2, 0.25) is 5.15 Å². The van der Waals surface area contributed by atoms with Crippen molar-refractivity contribution < 1.29 is 14.2 Å². The topological polar surface area (TPSA) is 74.6 Å². The van der Waals surface area contributed by atoms with Crippen LogP contribution >= 0.6 is 11.6 Å². The number of hydrogen-bond acceptors (Lipinski definition) is 6. The first-order valence-corrected chi connectivity index (χ1v) is 8.91. The van der Waals surface area contributed by atoms with E-state index in [2.05, 4.69) is 10.3 Å². The van der Waals surface area contributed by atoms with Crippen molar-refractivity contribution >= 4 is 23.1 Å². The van der Waals surface area contributed by atoms with Gasteiger partial charge in [0.05, 0.1) is 25.9 Å². The van der Waals surface area contributed by atoms with E-state index >= 15 is 0 Å². The minimum absolute atomic E-state index is 0.143. The van der Waals surface area contributed by atoms with E-state index < -0.39 is 0 Å². The smallest absolute Gasteiger partial charge is 0.294 e. The maximum Gasteiger partial charge on any atom is 0.294 e. The molecule has 1 aromatic carbocycles. The summed E-state index contributed by atoms with van der Waals surface area (Å²) in [5, 5.41) is 3.35. The van der Waals surface area contributed by atoms with E-state index in [1.807, 2.05) is 26.0 Å². The Morgan fingerprint density at radius 3 is 2.41 bits per heavy atom. The van der Waals surface area contributed by atoms with Gasteiger partial charge in [-0.25, -0.2) is 4.98 Å². The molecule has 0 bridgehead atoms. The first kappa shape index (κ1) is 21.4. The summed E-state index contributed by atoms with van der Waals surface area (Å²) in [7, 11) is 4.77. The Morgan fingerprint density at radius 1 is 1.15 bits per heavy atom. The van der Waals surface area contributed by atoms with Crippen LogP contribution in [-0.2, 0) is 20.8 Å². The highest BCUT2D eigenvalue weighted by atomic mass is 35.5. The van der Waals surface area contributed by atoms with Crippen molar-refractivity contribution in [1.29, 1.82) is 0 Å². The van der Waals surface area contributed by atoms with Crippen LogP contribution < -0.4 is 10.9 Å². The highest BCUT2D eigenvalue weighted by Gasteiger charge is 2.18. The second-order valence-electron chi connectivity index (χ2n) is 6.36. The Balaban J connectivity index is 2.50. The molecule has 0 unspecified atom stereocenters. The van der Waals surface area contributed by atoms with Gasteiger partial charge in [0.15, 0.2) is 5.82 Å². The fourth-order valence-electron chi connectivity index (χ4n) is 3.05. The molecule has 148 valence electrons. The van der Waals surface area contributed by atoms with Crippen LogP contribution in [0.5, 0.6) is 0 Å². The predicted molar refractivity (Wildman–Crippen MR) is 106 cm³/mol. The third-order valence-corrected chi connectivity index (χ3v) is 4.30. The average molecular weight is 396 g/mol. The lowest BCUT2D eigenvalue weighted by Gasteiger charge is -2.20. The largest absolute Gasteiger partial charge is 0.382 e. The lowest BCUT2D eigenvalue weighted by Crippen LogP contribution is -2.32. The van der Waals surface area contributed by atoms with E-state index in [0.29, 0.717) is 19.8 Å². The molecule has 7 nitrogen and oxygen atoms in total. The molecule has 0 aliphatic heterocycles. The van der Waals surface area contributed by atoms with Crippen LogP contribution in [0, 0.1) is 13.8 Å². The van der Waals surface area contributed by atoms with Crippen LogP contribution in [0.3, 0.4) is 0 Å². The minimum Gasteiger partial charge on any atom is -0.382 e. The summed E-state index contributed by atoms with van der Waals surface area (Å²) in [5.41, 5.74) is 3.52. The quantitative estimate of drug-likeness (QED) is 0.702. The molecule has 0 saturated carbocycles. The Hall–Kier alpha value is -1.93. The lowest BCUT2D eigenvalue weighted by molar-refractivity contribution is 0.0879. The number of aromatic nitrogens is 2. The van der Waals surface area contributed by atoms with E-state index in [9.17, 15) is 4.79 Å². The number of hydrogen-bond donors (Lipinski definition) is 1. The minimum atomic E-state index is -0.314. The first-order valence-electron chi connectivity index (χ1n) is 8.53. The fourth-order valence-corrected chi connectivity index (χ4v) is 3.24. The highest BCUT2D eigenvalue weighted by Crippen LogP contribution is 2.26. The SMILES string of the molecule is COCc1cc(C)cc(C)c1Nc1nc(Cl)cn(C(COC)COC)c1=O. The van der Waals surface area contributed by atoms with Crippen molar-refractivity contribution in [2.75, 3.05) is 39.9 Å².